The number of nitrogens with one attached hydrogen (secondary N) is 2. The summed E-state index contributed by atoms with van der Waals surface area (Å²) in [6.45, 7) is 0.287. The lowest BCUT2D eigenvalue weighted by molar-refractivity contribution is -0.481. The molecule has 0 spiro atoms. The molecule has 0 saturated carbocycles. The highest BCUT2D eigenvalue weighted by molar-refractivity contribution is 7.91. The molecule has 21 heavy (non-hydrogen) atoms. The predicted octanol–water partition coefficient (Wildman–Crippen LogP) is 0.623. The van der Waals surface area contributed by atoms with Crippen molar-refractivity contribution < 1.29 is 17.8 Å². The van der Waals surface area contributed by atoms with Crippen molar-refractivity contribution in [3.05, 3.63) is 24.2 Å². The molecular formula is C11H13Cl4N2O3S+. The topological polar surface area (TPSA) is 73.3 Å². The maximum Gasteiger partial charge on any atom is 0.296 e. The normalized spacial score (nSPS) is 26.0. The van der Waals surface area contributed by atoms with E-state index < -0.39 is 25.0 Å². The van der Waals surface area contributed by atoms with Crippen LogP contribution in [0.4, 0.5) is 0 Å². The summed E-state index contributed by atoms with van der Waals surface area (Å²) in [5.41, 5.74) is 0. The maximum absolute atomic E-state index is 11.6. The second-order valence-electron chi connectivity index (χ2n) is 4.65. The summed E-state index contributed by atoms with van der Waals surface area (Å²) in [7, 11) is -3.18. The smallest absolute Gasteiger partial charge is 0.296 e. The average molecular weight is 395 g/mol. The molecule has 1 aliphatic heterocycles. The van der Waals surface area contributed by atoms with Gasteiger partial charge in [-0.3, -0.25) is 10.3 Å². The van der Waals surface area contributed by atoms with Gasteiger partial charge in [0.2, 0.25) is 0 Å². The largest absolute Gasteiger partial charge is 0.465 e. The Morgan fingerprint density at radius 2 is 2.14 bits per heavy atom. The lowest BCUT2D eigenvalue weighted by Gasteiger charge is -2.15. The molecule has 2 heterocycles. The minimum Gasteiger partial charge on any atom is -0.465 e. The van der Waals surface area contributed by atoms with Gasteiger partial charge in [-0.25, -0.2) is 8.42 Å². The molecule has 1 aromatic heterocycles. The van der Waals surface area contributed by atoms with E-state index in [0.29, 0.717) is 5.76 Å². The molecule has 1 aliphatic rings. The van der Waals surface area contributed by atoms with Gasteiger partial charge in [0.1, 0.15) is 18.3 Å². The van der Waals surface area contributed by atoms with Crippen LogP contribution in [-0.2, 0) is 16.4 Å². The van der Waals surface area contributed by atoms with E-state index in [9.17, 15) is 8.42 Å². The highest BCUT2D eigenvalue weighted by atomic mass is 35.6. The van der Waals surface area contributed by atoms with Crippen LogP contribution in [0.15, 0.2) is 22.8 Å². The molecule has 0 aromatic carbocycles. The van der Waals surface area contributed by atoms with E-state index >= 15 is 0 Å². The van der Waals surface area contributed by atoms with Crippen molar-refractivity contribution in [3.63, 3.8) is 0 Å². The Hall–Kier alpha value is -0.140. The molecule has 2 rings (SSSR count). The first-order chi connectivity index (χ1) is 9.67. The number of halogens is 4. The molecule has 2 atom stereocenters. The molecule has 118 valence electrons. The summed E-state index contributed by atoms with van der Waals surface area (Å²) in [5, 5.41) is 2.30. The number of hydrogen-bond donors (Lipinski definition) is 2. The van der Waals surface area contributed by atoms with Crippen LogP contribution in [0.1, 0.15) is 5.76 Å². The molecular weight excluding hydrogens is 382 g/mol. The van der Waals surface area contributed by atoms with Crippen LogP contribution in [0.5, 0.6) is 0 Å². The molecule has 0 bridgehead atoms. The van der Waals surface area contributed by atoms with Crippen LogP contribution >= 0.6 is 46.4 Å². The predicted molar refractivity (Wildman–Crippen MR) is 83.9 cm³/mol. The first-order valence-electron chi connectivity index (χ1n) is 5.99. The second-order valence-corrected chi connectivity index (χ2v) is 9.65. The highest BCUT2D eigenvalue weighted by Crippen LogP contribution is 2.26. The molecule has 2 N–H and O–H groups in total. The van der Waals surface area contributed by atoms with Gasteiger partial charge >= 0.3 is 0 Å². The van der Waals surface area contributed by atoms with Gasteiger partial charge in [-0.2, -0.15) is 0 Å². The number of alkyl halides is 4. The highest BCUT2D eigenvalue weighted by Gasteiger charge is 2.44. The van der Waals surface area contributed by atoms with Crippen molar-refractivity contribution in [1.29, 1.82) is 0 Å². The zero-order valence-corrected chi connectivity index (χ0v) is 14.5. The van der Waals surface area contributed by atoms with Gasteiger partial charge in [-0.1, -0.05) is 34.8 Å². The summed E-state index contributed by atoms with van der Waals surface area (Å²) in [6.07, 6.45) is 1.53. The van der Waals surface area contributed by atoms with Gasteiger partial charge in [0.25, 0.3) is 9.63 Å². The first kappa shape index (κ1) is 17.2. The van der Waals surface area contributed by atoms with Gasteiger partial charge < -0.3 is 4.42 Å². The van der Waals surface area contributed by atoms with E-state index in [-0.39, 0.29) is 23.9 Å². The van der Waals surface area contributed by atoms with Crippen LogP contribution in [0.3, 0.4) is 0 Å². The number of furan rings is 1. The standard InChI is InChI=1S/C11H12Cl4N2O3S/c12-8-5-21(18,19)6-9(8)17-10(11(13,14)15)16-4-7-2-1-3-20-7/h1-3,8-9H,4-6H2,(H,16,17)/p+1/t8-,9+/m1/s1. The van der Waals surface area contributed by atoms with E-state index in [1.54, 1.807) is 12.1 Å². The first-order valence-corrected chi connectivity index (χ1v) is 9.38. The fourth-order valence-corrected chi connectivity index (χ4v) is 4.86. The Morgan fingerprint density at radius 1 is 1.43 bits per heavy atom. The van der Waals surface area contributed by atoms with Crippen molar-refractivity contribution in [2.75, 3.05) is 11.5 Å². The summed E-state index contributed by atoms with van der Waals surface area (Å²) >= 11 is 23.7. The van der Waals surface area contributed by atoms with Crippen molar-refractivity contribution in [1.82, 2.24) is 5.32 Å². The molecule has 5 nitrogen and oxygen atoms in total. The van der Waals surface area contributed by atoms with E-state index in [1.165, 1.54) is 6.26 Å². The van der Waals surface area contributed by atoms with E-state index in [4.69, 9.17) is 50.8 Å². The molecule has 1 aromatic rings. The van der Waals surface area contributed by atoms with Crippen molar-refractivity contribution in [3.8, 4) is 0 Å². The Balaban J connectivity index is 2.12. The lowest BCUT2D eigenvalue weighted by atomic mass is 10.2. The summed E-state index contributed by atoms with van der Waals surface area (Å²) in [6, 6.07) is 2.97. The third-order valence-electron chi connectivity index (χ3n) is 2.92. The van der Waals surface area contributed by atoms with Gasteiger partial charge in [-0.05, 0) is 12.1 Å². The van der Waals surface area contributed by atoms with Gasteiger partial charge in [0.05, 0.1) is 23.1 Å². The quantitative estimate of drug-likeness (QED) is 0.448. The third kappa shape index (κ3) is 4.93. The number of hydrogen-bond acceptors (Lipinski definition) is 3. The number of amidine groups is 1. The molecule has 0 amide bonds. The van der Waals surface area contributed by atoms with Gasteiger partial charge in [0, 0.05) is 0 Å². The Labute approximate surface area is 142 Å². The van der Waals surface area contributed by atoms with E-state index in [1.807, 2.05) is 0 Å². The minimum absolute atomic E-state index is 0.0997. The Bertz CT molecular complexity index is 610. The van der Waals surface area contributed by atoms with Crippen LogP contribution < -0.4 is 10.3 Å². The molecule has 1 fully saturated rings. The van der Waals surface area contributed by atoms with Gasteiger partial charge in [-0.15, -0.1) is 11.6 Å². The summed E-state index contributed by atoms with van der Waals surface area (Å²) in [5.74, 6) is 0.604. The average Bonchev–Trinajstić information content (AvgIpc) is 2.91. The molecule has 0 radical (unpaired) electrons. The maximum atomic E-state index is 11.6. The van der Waals surface area contributed by atoms with Crippen LogP contribution in [0.2, 0.25) is 0 Å². The van der Waals surface area contributed by atoms with Crippen LogP contribution in [-0.4, -0.2) is 41.0 Å². The zero-order valence-electron chi connectivity index (χ0n) is 10.7. The van der Waals surface area contributed by atoms with Crippen molar-refractivity contribution in [2.24, 2.45) is 0 Å². The van der Waals surface area contributed by atoms with Crippen LogP contribution in [0, 0.1) is 0 Å². The van der Waals surface area contributed by atoms with E-state index in [0.717, 1.165) is 0 Å². The fourth-order valence-electron chi connectivity index (χ4n) is 1.94. The monoisotopic (exact) mass is 393 g/mol. The lowest BCUT2D eigenvalue weighted by Crippen LogP contribution is -2.78. The summed E-state index contributed by atoms with van der Waals surface area (Å²) in [4.78, 5) is 2.90. The molecule has 0 aliphatic carbocycles. The third-order valence-corrected chi connectivity index (χ3v) is 5.86. The summed E-state index contributed by atoms with van der Waals surface area (Å²) < 4.78 is 26.5. The molecule has 0 unspecified atom stereocenters. The van der Waals surface area contributed by atoms with Crippen molar-refractivity contribution in [2.45, 2.75) is 21.8 Å². The second kappa shape index (κ2) is 6.54. The zero-order chi connectivity index (χ0) is 15.7. The number of sulfone groups is 1. The van der Waals surface area contributed by atoms with Gasteiger partial charge in [0.15, 0.2) is 9.84 Å². The fraction of sp³-hybridized carbons (Fsp3) is 0.545. The Morgan fingerprint density at radius 3 is 2.62 bits per heavy atom. The van der Waals surface area contributed by atoms with Crippen molar-refractivity contribution >= 4 is 62.1 Å². The van der Waals surface area contributed by atoms with Crippen LogP contribution in [0.25, 0.3) is 0 Å². The number of rotatable bonds is 3. The Kier molecular flexibility index (Phi) is 5.36. The van der Waals surface area contributed by atoms with E-state index in [2.05, 4.69) is 10.3 Å². The molecule has 10 heteroatoms. The minimum atomic E-state index is -3.18. The SMILES string of the molecule is O=S1(=O)C[C@@H](Cl)[C@@H](NC(=[NH+]Cc2ccco2)C(Cl)(Cl)Cl)C1. The molecule has 1 saturated heterocycles.